The Morgan fingerprint density at radius 2 is 1.30 bits per heavy atom. The number of aromatic nitrogens is 1. The highest BCUT2D eigenvalue weighted by atomic mass is 32.1. The molecule has 0 aliphatic carbocycles. The van der Waals surface area contributed by atoms with Crippen LogP contribution in [0.5, 0.6) is 11.5 Å². The summed E-state index contributed by atoms with van der Waals surface area (Å²) in [6.07, 6.45) is 1.79. The van der Waals surface area contributed by atoms with Crippen LogP contribution in [0.3, 0.4) is 0 Å². The van der Waals surface area contributed by atoms with Gasteiger partial charge in [0, 0.05) is 11.6 Å². The molecular weight excluding hydrogens is 270 g/mol. The molecule has 0 bridgehead atoms. The highest BCUT2D eigenvalue weighted by Gasteiger charge is 2.19. The molecule has 3 aromatic rings. The third-order valence-corrected chi connectivity index (χ3v) is 3.99. The minimum absolute atomic E-state index is 0.0104. The summed E-state index contributed by atoms with van der Waals surface area (Å²) in [5.41, 5.74) is 2.12. The number of phenols is 2. The zero-order valence-electron chi connectivity index (χ0n) is 10.6. The summed E-state index contributed by atoms with van der Waals surface area (Å²) >= 11 is 1.59. The molecule has 0 saturated heterocycles. The highest BCUT2D eigenvalue weighted by molar-refractivity contribution is 7.09. The Hall–Kier alpha value is -2.33. The first-order valence-electron chi connectivity index (χ1n) is 6.21. The first-order chi connectivity index (χ1) is 9.74. The zero-order chi connectivity index (χ0) is 13.9. The average molecular weight is 283 g/mol. The van der Waals surface area contributed by atoms with Gasteiger partial charge in [-0.15, -0.1) is 11.3 Å². The van der Waals surface area contributed by atoms with Crippen molar-refractivity contribution in [2.24, 2.45) is 0 Å². The molecule has 20 heavy (non-hydrogen) atoms. The normalized spacial score (nSPS) is 10.8. The average Bonchev–Trinajstić information content (AvgIpc) is 2.97. The van der Waals surface area contributed by atoms with Crippen LogP contribution in [0.15, 0.2) is 60.1 Å². The van der Waals surface area contributed by atoms with Crippen LogP contribution in [0.2, 0.25) is 0 Å². The van der Waals surface area contributed by atoms with Gasteiger partial charge < -0.3 is 10.2 Å². The fourth-order valence-corrected chi connectivity index (χ4v) is 2.98. The molecule has 2 N–H and O–H groups in total. The molecule has 3 rings (SSSR count). The second-order valence-corrected chi connectivity index (χ2v) is 5.41. The third-order valence-electron chi connectivity index (χ3n) is 3.15. The molecule has 2 aromatic carbocycles. The van der Waals surface area contributed by atoms with E-state index in [2.05, 4.69) is 4.98 Å². The number of aromatic hydroxyl groups is 2. The Morgan fingerprint density at radius 3 is 1.70 bits per heavy atom. The molecule has 0 fully saturated rings. The van der Waals surface area contributed by atoms with Gasteiger partial charge in [0.1, 0.15) is 16.5 Å². The first kappa shape index (κ1) is 12.7. The van der Waals surface area contributed by atoms with Crippen molar-refractivity contribution in [3.63, 3.8) is 0 Å². The van der Waals surface area contributed by atoms with E-state index in [9.17, 15) is 10.2 Å². The lowest BCUT2D eigenvalue weighted by molar-refractivity contribution is 0.475. The molecule has 0 unspecified atom stereocenters. The van der Waals surface area contributed by atoms with E-state index in [0.717, 1.165) is 16.1 Å². The zero-order valence-corrected chi connectivity index (χ0v) is 11.4. The first-order valence-corrected chi connectivity index (χ1v) is 7.09. The minimum Gasteiger partial charge on any atom is -0.508 e. The number of hydrogen-bond donors (Lipinski definition) is 2. The maximum absolute atomic E-state index is 9.43. The van der Waals surface area contributed by atoms with Gasteiger partial charge >= 0.3 is 0 Å². The van der Waals surface area contributed by atoms with E-state index in [1.807, 2.05) is 29.6 Å². The summed E-state index contributed by atoms with van der Waals surface area (Å²) in [5.74, 6) is 0.505. The van der Waals surface area contributed by atoms with Gasteiger partial charge in [-0.1, -0.05) is 24.3 Å². The van der Waals surface area contributed by atoms with Gasteiger partial charge in [-0.05, 0) is 35.4 Å². The standard InChI is InChI=1S/C16H13NO2S/c18-13-5-1-11(2-6-13)15(16-17-9-10-20-16)12-3-7-14(19)8-4-12/h1-10,15,18-19H. The Bertz CT molecular complexity index is 630. The van der Waals surface area contributed by atoms with E-state index in [1.54, 1.807) is 41.8 Å². The van der Waals surface area contributed by atoms with E-state index in [4.69, 9.17) is 0 Å². The topological polar surface area (TPSA) is 53.4 Å². The maximum atomic E-state index is 9.43. The summed E-state index contributed by atoms with van der Waals surface area (Å²) in [5, 5.41) is 21.8. The predicted molar refractivity (Wildman–Crippen MR) is 79.3 cm³/mol. The maximum Gasteiger partial charge on any atom is 0.115 e. The van der Waals surface area contributed by atoms with Crippen LogP contribution in [0.4, 0.5) is 0 Å². The second kappa shape index (κ2) is 5.35. The van der Waals surface area contributed by atoms with Crippen LogP contribution in [-0.4, -0.2) is 15.2 Å². The van der Waals surface area contributed by atoms with Gasteiger partial charge in [-0.25, -0.2) is 4.98 Å². The van der Waals surface area contributed by atoms with Crippen LogP contribution in [-0.2, 0) is 0 Å². The summed E-state index contributed by atoms with van der Waals surface area (Å²) in [6.45, 7) is 0. The fraction of sp³-hybridized carbons (Fsp3) is 0.0625. The summed E-state index contributed by atoms with van der Waals surface area (Å²) < 4.78 is 0. The second-order valence-electron chi connectivity index (χ2n) is 4.49. The molecule has 0 radical (unpaired) electrons. The van der Waals surface area contributed by atoms with Crippen molar-refractivity contribution in [1.29, 1.82) is 0 Å². The molecule has 0 saturated carbocycles. The Labute approximate surface area is 120 Å². The smallest absolute Gasteiger partial charge is 0.115 e. The fourth-order valence-electron chi connectivity index (χ4n) is 2.19. The highest BCUT2D eigenvalue weighted by Crippen LogP contribution is 2.34. The minimum atomic E-state index is 0.0104. The Balaban J connectivity index is 2.09. The lowest BCUT2D eigenvalue weighted by atomic mass is 9.92. The molecule has 0 atom stereocenters. The largest absolute Gasteiger partial charge is 0.508 e. The van der Waals surface area contributed by atoms with E-state index in [1.165, 1.54) is 0 Å². The molecular formula is C16H13NO2S. The van der Waals surface area contributed by atoms with Crippen LogP contribution >= 0.6 is 11.3 Å². The quantitative estimate of drug-likeness (QED) is 0.770. The van der Waals surface area contributed by atoms with Crippen molar-refractivity contribution < 1.29 is 10.2 Å². The van der Waals surface area contributed by atoms with Crippen LogP contribution < -0.4 is 0 Å². The summed E-state index contributed by atoms with van der Waals surface area (Å²) in [4.78, 5) is 4.41. The molecule has 1 aromatic heterocycles. The number of benzene rings is 2. The molecule has 1 heterocycles. The van der Waals surface area contributed by atoms with Crippen LogP contribution in [0.25, 0.3) is 0 Å². The van der Waals surface area contributed by atoms with Crippen molar-refractivity contribution >= 4 is 11.3 Å². The van der Waals surface area contributed by atoms with Crippen molar-refractivity contribution in [2.75, 3.05) is 0 Å². The van der Waals surface area contributed by atoms with Crippen molar-refractivity contribution in [3.05, 3.63) is 76.2 Å². The van der Waals surface area contributed by atoms with Gasteiger partial charge in [0.25, 0.3) is 0 Å². The Kier molecular flexibility index (Phi) is 3.39. The SMILES string of the molecule is Oc1ccc(C(c2ccc(O)cc2)c2nccs2)cc1. The number of phenolic OH excluding ortho intramolecular Hbond substituents is 2. The van der Waals surface area contributed by atoms with Gasteiger partial charge in [0.05, 0.1) is 5.92 Å². The van der Waals surface area contributed by atoms with Crippen LogP contribution in [0.1, 0.15) is 22.1 Å². The molecule has 4 heteroatoms. The lowest BCUT2D eigenvalue weighted by Gasteiger charge is -2.16. The molecule has 3 nitrogen and oxygen atoms in total. The molecule has 0 spiro atoms. The molecule has 0 aliphatic rings. The Morgan fingerprint density at radius 1 is 0.800 bits per heavy atom. The van der Waals surface area contributed by atoms with Crippen molar-refractivity contribution in [2.45, 2.75) is 5.92 Å². The molecule has 0 amide bonds. The van der Waals surface area contributed by atoms with E-state index in [0.29, 0.717) is 0 Å². The summed E-state index contributed by atoms with van der Waals surface area (Å²) in [7, 11) is 0. The van der Waals surface area contributed by atoms with Gasteiger partial charge in [0.2, 0.25) is 0 Å². The van der Waals surface area contributed by atoms with Gasteiger partial charge in [-0.2, -0.15) is 0 Å². The van der Waals surface area contributed by atoms with Crippen molar-refractivity contribution in [1.82, 2.24) is 4.98 Å². The molecule has 100 valence electrons. The number of nitrogens with zero attached hydrogens (tertiary/aromatic N) is 1. The van der Waals surface area contributed by atoms with E-state index >= 15 is 0 Å². The molecule has 0 aliphatic heterocycles. The number of rotatable bonds is 3. The summed E-state index contributed by atoms with van der Waals surface area (Å²) in [6, 6.07) is 14.3. The third kappa shape index (κ3) is 2.51. The van der Waals surface area contributed by atoms with E-state index < -0.39 is 0 Å². The number of thiazole rings is 1. The van der Waals surface area contributed by atoms with Gasteiger partial charge in [-0.3, -0.25) is 0 Å². The van der Waals surface area contributed by atoms with Crippen molar-refractivity contribution in [3.8, 4) is 11.5 Å². The number of hydrogen-bond acceptors (Lipinski definition) is 4. The predicted octanol–water partition coefficient (Wildman–Crippen LogP) is 3.73. The van der Waals surface area contributed by atoms with Crippen LogP contribution in [0, 0.1) is 0 Å². The van der Waals surface area contributed by atoms with E-state index in [-0.39, 0.29) is 17.4 Å². The monoisotopic (exact) mass is 283 g/mol. The lowest BCUT2D eigenvalue weighted by Crippen LogP contribution is -2.02. The van der Waals surface area contributed by atoms with Gasteiger partial charge in [0.15, 0.2) is 0 Å².